The van der Waals surface area contributed by atoms with Crippen molar-refractivity contribution in [1.82, 2.24) is 4.90 Å². The number of hydrogen-bond acceptors (Lipinski definition) is 3. The lowest BCUT2D eigenvalue weighted by Crippen LogP contribution is -2.25. The molecule has 2 aromatic rings. The Labute approximate surface area is 140 Å². The number of carbonyl (C=O) groups is 2. The molecule has 4 nitrogen and oxygen atoms in total. The molecule has 0 atom stereocenters. The zero-order valence-corrected chi connectivity index (χ0v) is 13.8. The number of amides is 2. The van der Waals surface area contributed by atoms with Gasteiger partial charge in [-0.15, -0.1) is 11.3 Å². The average molecular weight is 356 g/mol. The highest BCUT2D eigenvalue weighted by molar-refractivity contribution is 7.18. The first-order valence-corrected chi connectivity index (χ1v) is 7.77. The Kier molecular flexibility index (Phi) is 5.28. The minimum absolute atomic E-state index is 0.185. The fourth-order valence-corrected chi connectivity index (χ4v) is 2.97. The number of carbonyl (C=O) groups excluding carboxylic acids is 2. The molecule has 0 bridgehead atoms. The largest absolute Gasteiger partial charge is 0.416 e. The fourth-order valence-electron chi connectivity index (χ4n) is 2.03. The average Bonchev–Trinajstić information content (AvgIpc) is 2.93. The Morgan fingerprint density at radius 3 is 2.29 bits per heavy atom. The minimum atomic E-state index is -4.38. The van der Waals surface area contributed by atoms with Gasteiger partial charge in [0.2, 0.25) is 5.91 Å². The Balaban J connectivity index is 2.03. The maximum atomic E-state index is 12.5. The summed E-state index contributed by atoms with van der Waals surface area (Å²) in [6, 6.07) is 7.92. The number of benzene rings is 1. The van der Waals surface area contributed by atoms with Crippen LogP contribution in [0.25, 0.3) is 0 Å². The minimum Gasteiger partial charge on any atom is -0.337 e. The summed E-state index contributed by atoms with van der Waals surface area (Å²) in [6.45, 7) is 1.56. The summed E-state index contributed by atoms with van der Waals surface area (Å²) in [5, 5.41) is 3.16. The predicted molar refractivity (Wildman–Crippen MR) is 85.9 cm³/mol. The molecule has 0 unspecified atom stereocenters. The third-order valence-electron chi connectivity index (χ3n) is 3.16. The molecule has 2 rings (SSSR count). The highest BCUT2D eigenvalue weighted by Crippen LogP contribution is 2.29. The molecule has 1 aromatic carbocycles. The van der Waals surface area contributed by atoms with Gasteiger partial charge in [-0.3, -0.25) is 9.59 Å². The van der Waals surface area contributed by atoms with Gasteiger partial charge < -0.3 is 10.2 Å². The van der Waals surface area contributed by atoms with E-state index in [1.165, 1.54) is 24.0 Å². The van der Waals surface area contributed by atoms with Crippen LogP contribution < -0.4 is 5.32 Å². The van der Waals surface area contributed by atoms with Gasteiger partial charge in [-0.25, -0.2) is 0 Å². The second-order valence-electron chi connectivity index (χ2n) is 5.20. The van der Waals surface area contributed by atoms with Crippen LogP contribution in [0.15, 0.2) is 36.4 Å². The molecule has 0 saturated carbocycles. The molecule has 128 valence electrons. The number of hydrogen-bond donors (Lipinski definition) is 1. The van der Waals surface area contributed by atoms with E-state index >= 15 is 0 Å². The van der Waals surface area contributed by atoms with Gasteiger partial charge in [-0.05, 0) is 29.8 Å². The number of thiophene rings is 1. The third-order valence-corrected chi connectivity index (χ3v) is 4.15. The lowest BCUT2D eigenvalue weighted by Gasteiger charge is -2.17. The van der Waals surface area contributed by atoms with Gasteiger partial charge in [0.25, 0.3) is 5.91 Å². The van der Waals surface area contributed by atoms with Crippen molar-refractivity contribution in [3.8, 4) is 0 Å². The molecule has 2 amide bonds. The lowest BCUT2D eigenvalue weighted by atomic mass is 10.1. The van der Waals surface area contributed by atoms with E-state index < -0.39 is 11.7 Å². The first-order chi connectivity index (χ1) is 11.2. The normalized spacial score (nSPS) is 11.2. The Bertz CT molecular complexity index is 739. The van der Waals surface area contributed by atoms with E-state index in [0.29, 0.717) is 15.4 Å². The van der Waals surface area contributed by atoms with E-state index in [0.717, 1.165) is 23.5 Å². The highest BCUT2D eigenvalue weighted by atomic mass is 32.1. The number of halogens is 3. The Hall–Kier alpha value is -2.35. The molecule has 0 aliphatic rings. The topological polar surface area (TPSA) is 49.4 Å². The zero-order valence-electron chi connectivity index (χ0n) is 13.0. The fraction of sp³-hybridized carbons (Fsp3) is 0.250. The molecule has 24 heavy (non-hydrogen) atoms. The van der Waals surface area contributed by atoms with Crippen LogP contribution in [0.3, 0.4) is 0 Å². The molecular weight excluding hydrogens is 341 g/mol. The summed E-state index contributed by atoms with van der Waals surface area (Å²) < 4.78 is 37.6. The molecule has 0 aliphatic carbocycles. The number of nitrogens with zero attached hydrogens (tertiary/aromatic N) is 1. The maximum Gasteiger partial charge on any atom is 0.416 e. The molecule has 0 radical (unpaired) electrons. The van der Waals surface area contributed by atoms with Crippen molar-refractivity contribution in [3.05, 3.63) is 52.4 Å². The van der Waals surface area contributed by atoms with Gasteiger partial charge in [0, 0.05) is 20.5 Å². The van der Waals surface area contributed by atoms with E-state index in [1.807, 2.05) is 0 Å². The standard InChI is InChI=1S/C16H15F3N2O2S/c1-10(22)20-14-8-7-13(24-14)15(23)21(2)9-11-3-5-12(6-4-11)16(17,18)19/h3-8H,9H2,1-2H3,(H,20,22). The molecular formula is C16H15F3N2O2S. The van der Waals surface area contributed by atoms with E-state index in [-0.39, 0.29) is 18.4 Å². The summed E-state index contributed by atoms with van der Waals surface area (Å²) in [7, 11) is 1.57. The number of alkyl halides is 3. The second-order valence-corrected chi connectivity index (χ2v) is 6.28. The van der Waals surface area contributed by atoms with Crippen LogP contribution in [0.5, 0.6) is 0 Å². The molecule has 1 N–H and O–H groups in total. The van der Waals surface area contributed by atoms with Gasteiger partial charge in [0.15, 0.2) is 0 Å². The number of nitrogens with one attached hydrogen (secondary N) is 1. The first-order valence-electron chi connectivity index (χ1n) is 6.96. The summed E-state index contributed by atoms with van der Waals surface area (Å²) in [4.78, 5) is 25.2. The summed E-state index contributed by atoms with van der Waals surface area (Å²) >= 11 is 1.14. The third kappa shape index (κ3) is 4.58. The molecule has 8 heteroatoms. The molecule has 0 saturated heterocycles. The molecule has 1 aromatic heterocycles. The van der Waals surface area contributed by atoms with Crippen LogP contribution in [0, 0.1) is 0 Å². The van der Waals surface area contributed by atoms with E-state index in [9.17, 15) is 22.8 Å². The monoisotopic (exact) mass is 356 g/mol. The Morgan fingerprint density at radius 1 is 1.12 bits per heavy atom. The van der Waals surface area contributed by atoms with Crippen molar-refractivity contribution >= 4 is 28.2 Å². The zero-order chi connectivity index (χ0) is 17.9. The van der Waals surface area contributed by atoms with Gasteiger partial charge in [-0.1, -0.05) is 12.1 Å². The predicted octanol–water partition coefficient (Wildman–Crippen LogP) is 4.00. The van der Waals surface area contributed by atoms with Gasteiger partial charge >= 0.3 is 6.18 Å². The van der Waals surface area contributed by atoms with Gasteiger partial charge in [-0.2, -0.15) is 13.2 Å². The summed E-state index contributed by atoms with van der Waals surface area (Å²) in [5.74, 6) is -0.495. The van der Waals surface area contributed by atoms with Crippen LogP contribution in [0.2, 0.25) is 0 Å². The van der Waals surface area contributed by atoms with Crippen molar-refractivity contribution < 1.29 is 22.8 Å². The summed E-state index contributed by atoms with van der Waals surface area (Å²) in [6.07, 6.45) is -4.38. The van der Waals surface area contributed by atoms with Crippen molar-refractivity contribution in [2.75, 3.05) is 12.4 Å². The van der Waals surface area contributed by atoms with E-state index in [1.54, 1.807) is 19.2 Å². The van der Waals surface area contributed by atoms with Crippen LogP contribution >= 0.6 is 11.3 Å². The quantitative estimate of drug-likeness (QED) is 0.900. The maximum absolute atomic E-state index is 12.5. The van der Waals surface area contributed by atoms with E-state index in [4.69, 9.17) is 0 Å². The second kappa shape index (κ2) is 7.04. The van der Waals surface area contributed by atoms with Crippen LogP contribution in [0.1, 0.15) is 27.7 Å². The molecule has 1 heterocycles. The van der Waals surface area contributed by atoms with E-state index in [2.05, 4.69) is 5.32 Å². The SMILES string of the molecule is CC(=O)Nc1ccc(C(=O)N(C)Cc2ccc(C(F)(F)F)cc2)s1. The van der Waals surface area contributed by atoms with Crippen LogP contribution in [-0.2, 0) is 17.5 Å². The van der Waals surface area contributed by atoms with Crippen molar-refractivity contribution in [1.29, 1.82) is 0 Å². The molecule has 0 fully saturated rings. The number of rotatable bonds is 4. The molecule has 0 aliphatic heterocycles. The highest BCUT2D eigenvalue weighted by Gasteiger charge is 2.30. The van der Waals surface area contributed by atoms with Crippen LogP contribution in [0.4, 0.5) is 18.2 Å². The van der Waals surface area contributed by atoms with Crippen molar-refractivity contribution in [3.63, 3.8) is 0 Å². The van der Waals surface area contributed by atoms with Crippen molar-refractivity contribution in [2.45, 2.75) is 19.6 Å². The van der Waals surface area contributed by atoms with Crippen molar-refractivity contribution in [2.24, 2.45) is 0 Å². The van der Waals surface area contributed by atoms with Crippen LogP contribution in [-0.4, -0.2) is 23.8 Å². The van der Waals surface area contributed by atoms with Gasteiger partial charge in [0.05, 0.1) is 15.4 Å². The summed E-state index contributed by atoms with van der Waals surface area (Å²) in [5.41, 5.74) is -0.129. The van der Waals surface area contributed by atoms with Gasteiger partial charge in [0.1, 0.15) is 0 Å². The molecule has 0 spiro atoms. The lowest BCUT2D eigenvalue weighted by molar-refractivity contribution is -0.137. The Morgan fingerprint density at radius 2 is 1.75 bits per heavy atom. The number of anilines is 1. The smallest absolute Gasteiger partial charge is 0.337 e. The first kappa shape index (κ1) is 18.0.